The Kier molecular flexibility index (Phi) is 6.13. The Morgan fingerprint density at radius 1 is 0.176 bits per heavy atom. The lowest BCUT2D eigenvalue weighted by Gasteiger charge is -2.26. The summed E-state index contributed by atoms with van der Waals surface area (Å²) in [5.74, 6) is 0. The fraction of sp³-hybridized carbons (Fsp3) is 0.118. The van der Waals surface area contributed by atoms with Crippen LogP contribution in [0, 0.1) is 55.4 Å². The van der Waals surface area contributed by atoms with Gasteiger partial charge in [-0.25, -0.2) is 0 Å². The minimum atomic E-state index is 1.29. The molecule has 0 N–H and O–H groups in total. The highest BCUT2D eigenvalue weighted by Gasteiger charge is 2.31. The van der Waals surface area contributed by atoms with Crippen LogP contribution in [-0.2, 0) is 0 Å². The van der Waals surface area contributed by atoms with Crippen LogP contribution in [0.3, 0.4) is 0 Å². The normalized spacial score (nSPS) is 13.3. The summed E-state index contributed by atoms with van der Waals surface area (Å²) in [5, 5.41) is 33.9. The Bertz CT molecular complexity index is 4390. The van der Waals surface area contributed by atoms with Crippen LogP contribution in [-0.4, -0.2) is 0 Å². The molecule has 1 aliphatic carbocycles. The van der Waals surface area contributed by atoms with Crippen LogP contribution in [0.25, 0.3) is 174 Å². The van der Waals surface area contributed by atoms with Gasteiger partial charge in [-0.3, -0.25) is 0 Å². The topological polar surface area (TPSA) is 0 Å². The van der Waals surface area contributed by atoms with Crippen molar-refractivity contribution < 1.29 is 0 Å². The van der Waals surface area contributed by atoms with Crippen molar-refractivity contribution in [3.63, 3.8) is 0 Å². The molecule has 0 aromatic heterocycles. The molecule has 0 spiro atoms. The SMILES string of the molecule is Cc1cc2cc(C)c3cc(C)c4c5cc6c(cc5c5c(C)cc1c1c2c3c4c51)-c1ccccc1-c1cc2c(cc1-c1ccccc1-6)c1c(C)cc3c(C)cc4cc(C)c5cc(C)c2c2c5c4c3c12. The summed E-state index contributed by atoms with van der Waals surface area (Å²) in [4.78, 5) is 0. The lowest BCUT2D eigenvalue weighted by atomic mass is 9.77. The van der Waals surface area contributed by atoms with E-state index < -0.39 is 0 Å². The van der Waals surface area contributed by atoms with Gasteiger partial charge < -0.3 is 0 Å². The van der Waals surface area contributed by atoms with E-state index >= 15 is 0 Å². The van der Waals surface area contributed by atoms with Crippen molar-refractivity contribution in [2.45, 2.75) is 55.4 Å². The molecule has 316 valence electrons. The van der Waals surface area contributed by atoms with Crippen LogP contribution in [0.2, 0.25) is 0 Å². The van der Waals surface area contributed by atoms with E-state index in [4.69, 9.17) is 0 Å². The van der Waals surface area contributed by atoms with Gasteiger partial charge in [-0.05, 0) is 298 Å². The Morgan fingerprint density at radius 2 is 0.412 bits per heavy atom. The third-order valence-electron chi connectivity index (χ3n) is 17.8. The van der Waals surface area contributed by atoms with E-state index in [1.165, 1.54) is 218 Å². The van der Waals surface area contributed by atoms with Gasteiger partial charge in [0.05, 0.1) is 0 Å². The molecule has 0 aliphatic heterocycles. The van der Waals surface area contributed by atoms with Crippen molar-refractivity contribution in [3.8, 4) is 44.5 Å². The molecule has 0 fully saturated rings. The van der Waals surface area contributed by atoms with Crippen molar-refractivity contribution in [1.82, 2.24) is 0 Å². The molecule has 68 heavy (non-hydrogen) atoms. The molecular formula is C68H44. The van der Waals surface area contributed by atoms with Crippen molar-refractivity contribution in [2.75, 3.05) is 0 Å². The standard InChI is InChI=1S/C68H44/c1-29-17-37-18-30(2)44-22-34(6)56-52-26-48-41-15-11-12-16-42(41)50-28-54-53(57-35(7)23-45-31(3)19-38-20-32(4)46-24-36(8)58(54)68-64(46)60(38)63(45)67(57)68)27-49(50)40-14-10-9-13-39(40)47(48)25-51(52)55-33(5)21-43(29)61-59(37)62(44)66(56)65(55)61/h9-28H,1-8H3. The molecule has 17 rings (SSSR count). The van der Waals surface area contributed by atoms with E-state index in [0.717, 1.165) is 0 Å². The van der Waals surface area contributed by atoms with Gasteiger partial charge in [0.15, 0.2) is 0 Å². The highest BCUT2D eigenvalue weighted by Crippen LogP contribution is 2.59. The second-order valence-corrected chi connectivity index (χ2v) is 21.4. The summed E-state index contributed by atoms with van der Waals surface area (Å²) in [5.41, 5.74) is 21.3. The van der Waals surface area contributed by atoms with E-state index in [9.17, 15) is 0 Å². The van der Waals surface area contributed by atoms with Gasteiger partial charge in [0.25, 0.3) is 0 Å². The Labute approximate surface area is 393 Å². The summed E-state index contributed by atoms with van der Waals surface area (Å²) >= 11 is 0. The Balaban J connectivity index is 1.07. The second-order valence-electron chi connectivity index (χ2n) is 21.4. The molecule has 0 saturated heterocycles. The zero-order valence-corrected chi connectivity index (χ0v) is 39.5. The van der Waals surface area contributed by atoms with Crippen molar-refractivity contribution in [3.05, 3.63) is 166 Å². The Morgan fingerprint density at radius 3 is 0.647 bits per heavy atom. The first-order valence-electron chi connectivity index (χ1n) is 24.6. The van der Waals surface area contributed by atoms with E-state index in [-0.39, 0.29) is 0 Å². The zero-order chi connectivity index (χ0) is 45.2. The first kappa shape index (κ1) is 36.3. The predicted molar refractivity (Wildman–Crippen MR) is 297 cm³/mol. The fourth-order valence-electron chi connectivity index (χ4n) is 15.2. The molecule has 0 bridgehead atoms. The average molecular weight is 861 g/mol. The number of hydrogen-bond acceptors (Lipinski definition) is 0. The molecular weight excluding hydrogens is 817 g/mol. The fourth-order valence-corrected chi connectivity index (χ4v) is 15.2. The largest absolute Gasteiger partial charge is 0.0616 e. The number of aryl methyl sites for hydroxylation is 8. The van der Waals surface area contributed by atoms with Gasteiger partial charge in [-0.2, -0.15) is 0 Å². The van der Waals surface area contributed by atoms with Gasteiger partial charge in [-0.1, -0.05) is 97.1 Å². The van der Waals surface area contributed by atoms with Gasteiger partial charge in [0, 0.05) is 0 Å². The number of fused-ring (bicyclic) bond motifs is 14. The molecule has 0 atom stereocenters. The summed E-state index contributed by atoms with van der Waals surface area (Å²) in [6, 6.07) is 48.8. The molecule has 0 saturated carbocycles. The van der Waals surface area contributed by atoms with E-state index in [1.807, 2.05) is 0 Å². The number of benzene rings is 14. The summed E-state index contributed by atoms with van der Waals surface area (Å²) in [6.45, 7) is 18.7. The molecule has 0 unspecified atom stereocenters. The lowest BCUT2D eigenvalue weighted by Crippen LogP contribution is -1.99. The molecule has 0 nitrogen and oxygen atoms in total. The van der Waals surface area contributed by atoms with Crippen molar-refractivity contribution >= 4 is 129 Å². The summed E-state index contributed by atoms with van der Waals surface area (Å²) in [7, 11) is 0. The third kappa shape index (κ3) is 3.86. The number of rotatable bonds is 0. The molecule has 0 heterocycles. The first-order valence-corrected chi connectivity index (χ1v) is 24.6. The monoisotopic (exact) mass is 860 g/mol. The van der Waals surface area contributed by atoms with Crippen molar-refractivity contribution in [1.29, 1.82) is 0 Å². The molecule has 0 amide bonds. The summed E-state index contributed by atoms with van der Waals surface area (Å²) < 4.78 is 0. The highest BCUT2D eigenvalue weighted by atomic mass is 14.3. The highest BCUT2D eigenvalue weighted by molar-refractivity contribution is 6.51. The van der Waals surface area contributed by atoms with Gasteiger partial charge in [-0.15, -0.1) is 0 Å². The van der Waals surface area contributed by atoms with Crippen LogP contribution in [0.15, 0.2) is 121 Å². The molecule has 0 radical (unpaired) electrons. The number of hydrogen-bond donors (Lipinski definition) is 0. The molecule has 1 aliphatic rings. The molecule has 16 aromatic carbocycles. The third-order valence-corrected chi connectivity index (χ3v) is 17.8. The average Bonchev–Trinajstić information content (AvgIpc) is 3.87. The van der Waals surface area contributed by atoms with E-state index in [2.05, 4.69) is 177 Å². The maximum absolute atomic E-state index is 2.61. The molecule has 16 aromatic rings. The summed E-state index contributed by atoms with van der Waals surface area (Å²) in [6.07, 6.45) is 0. The van der Waals surface area contributed by atoms with Crippen LogP contribution < -0.4 is 0 Å². The van der Waals surface area contributed by atoms with Crippen LogP contribution in [0.5, 0.6) is 0 Å². The first-order chi connectivity index (χ1) is 33.0. The minimum Gasteiger partial charge on any atom is -0.0616 e. The predicted octanol–water partition coefficient (Wildman–Crippen LogP) is 19.6. The molecule has 0 heteroatoms. The van der Waals surface area contributed by atoms with E-state index in [1.54, 1.807) is 0 Å². The zero-order valence-electron chi connectivity index (χ0n) is 39.5. The smallest absolute Gasteiger partial charge is 0.000453 e. The maximum atomic E-state index is 2.61. The Hall–Kier alpha value is -7.80. The van der Waals surface area contributed by atoms with Crippen LogP contribution in [0.4, 0.5) is 0 Å². The van der Waals surface area contributed by atoms with Gasteiger partial charge >= 0.3 is 0 Å². The quantitative estimate of drug-likeness (QED) is 0.133. The van der Waals surface area contributed by atoms with Crippen LogP contribution >= 0.6 is 0 Å². The minimum absolute atomic E-state index is 1.29. The van der Waals surface area contributed by atoms with Crippen LogP contribution in [0.1, 0.15) is 44.5 Å². The second kappa shape index (κ2) is 11.5. The lowest BCUT2D eigenvalue weighted by molar-refractivity contribution is 1.51. The van der Waals surface area contributed by atoms with Crippen molar-refractivity contribution in [2.24, 2.45) is 0 Å². The maximum Gasteiger partial charge on any atom is -0.000453 e. The van der Waals surface area contributed by atoms with E-state index in [0.29, 0.717) is 0 Å². The van der Waals surface area contributed by atoms with Gasteiger partial charge in [0.1, 0.15) is 0 Å². The van der Waals surface area contributed by atoms with Gasteiger partial charge in [0.2, 0.25) is 0 Å².